The third-order valence-corrected chi connectivity index (χ3v) is 6.11. The van der Waals surface area contributed by atoms with E-state index in [9.17, 15) is 18.0 Å². The number of aromatic nitrogens is 2. The second-order valence-electron chi connectivity index (χ2n) is 8.17. The van der Waals surface area contributed by atoms with Crippen molar-refractivity contribution in [1.29, 1.82) is 0 Å². The number of piperidine rings is 1. The van der Waals surface area contributed by atoms with E-state index in [2.05, 4.69) is 14.7 Å². The molecule has 2 fully saturated rings. The van der Waals surface area contributed by atoms with Crippen LogP contribution in [0.25, 0.3) is 5.69 Å². The van der Waals surface area contributed by atoms with E-state index < -0.39 is 6.36 Å². The lowest BCUT2D eigenvalue weighted by Crippen LogP contribution is -2.50. The molecule has 0 aliphatic carbocycles. The molecule has 2 saturated heterocycles. The van der Waals surface area contributed by atoms with Crippen LogP contribution in [-0.2, 0) is 4.74 Å². The zero-order chi connectivity index (χ0) is 22.9. The molecule has 2 aliphatic heterocycles. The largest absolute Gasteiger partial charge is 0.573 e. The molecular formula is C22H27F3N4O3. The maximum absolute atomic E-state index is 13.3. The number of alkyl halides is 3. The standard InChI is InChI=1S/C22H27F3N4O3/c1-15-20(21(30)28-8-6-17(7-9-28)27-10-12-31-13-11-27)16(2)29(26-15)18-4-3-5-19(14-18)32-22(23,24)25/h3-5,14,17H,6-13H2,1-2H3. The number of hydrogen-bond donors (Lipinski definition) is 0. The SMILES string of the molecule is Cc1nn(-c2cccc(OC(F)(F)F)c2)c(C)c1C(=O)N1CCC(N2CCOCC2)CC1. The molecule has 0 spiro atoms. The third kappa shape index (κ3) is 4.91. The molecule has 2 aromatic rings. The van der Waals surface area contributed by atoms with Gasteiger partial charge in [-0.15, -0.1) is 13.2 Å². The second kappa shape index (κ2) is 9.11. The van der Waals surface area contributed by atoms with E-state index in [1.165, 1.54) is 22.9 Å². The third-order valence-electron chi connectivity index (χ3n) is 6.11. The Morgan fingerprint density at radius 2 is 1.81 bits per heavy atom. The van der Waals surface area contributed by atoms with Crippen molar-refractivity contribution in [3.05, 3.63) is 41.2 Å². The fraction of sp³-hybridized carbons (Fsp3) is 0.545. The van der Waals surface area contributed by atoms with E-state index in [0.717, 1.165) is 39.1 Å². The highest BCUT2D eigenvalue weighted by Gasteiger charge is 2.32. The Labute approximate surface area is 184 Å². The molecule has 2 aliphatic rings. The zero-order valence-corrected chi connectivity index (χ0v) is 18.2. The molecule has 0 saturated carbocycles. The van der Waals surface area contributed by atoms with Gasteiger partial charge in [0.1, 0.15) is 5.75 Å². The molecule has 1 aromatic heterocycles. The lowest BCUT2D eigenvalue weighted by Gasteiger charge is -2.40. The summed E-state index contributed by atoms with van der Waals surface area (Å²) < 4.78 is 48.7. The van der Waals surface area contributed by atoms with Crippen molar-refractivity contribution in [2.75, 3.05) is 39.4 Å². The summed E-state index contributed by atoms with van der Waals surface area (Å²) in [7, 11) is 0. The van der Waals surface area contributed by atoms with E-state index >= 15 is 0 Å². The first-order valence-electron chi connectivity index (χ1n) is 10.8. The van der Waals surface area contributed by atoms with Gasteiger partial charge in [0.15, 0.2) is 0 Å². The molecule has 3 heterocycles. The van der Waals surface area contributed by atoms with Crippen LogP contribution in [0.4, 0.5) is 13.2 Å². The van der Waals surface area contributed by atoms with Gasteiger partial charge in [0.2, 0.25) is 0 Å². The van der Waals surface area contributed by atoms with Gasteiger partial charge in [-0.05, 0) is 38.8 Å². The molecule has 0 atom stereocenters. The predicted molar refractivity (Wildman–Crippen MR) is 111 cm³/mol. The molecule has 0 N–H and O–H groups in total. The number of ether oxygens (including phenoxy) is 2. The number of carbonyl (C=O) groups excluding carboxylic acids is 1. The van der Waals surface area contributed by atoms with Gasteiger partial charge in [-0.3, -0.25) is 9.69 Å². The molecule has 7 nitrogen and oxygen atoms in total. The van der Waals surface area contributed by atoms with Gasteiger partial charge in [0, 0.05) is 38.3 Å². The van der Waals surface area contributed by atoms with Crippen LogP contribution in [0.3, 0.4) is 0 Å². The number of nitrogens with zero attached hydrogens (tertiary/aromatic N) is 4. The highest BCUT2D eigenvalue weighted by Crippen LogP contribution is 2.27. The number of benzene rings is 1. The van der Waals surface area contributed by atoms with E-state index in [1.54, 1.807) is 19.9 Å². The molecule has 10 heteroatoms. The van der Waals surface area contributed by atoms with Crippen molar-refractivity contribution in [3.63, 3.8) is 0 Å². The lowest BCUT2D eigenvalue weighted by atomic mass is 10.0. The average molecular weight is 452 g/mol. The fourth-order valence-electron chi connectivity index (χ4n) is 4.55. The topological polar surface area (TPSA) is 59.8 Å². The Morgan fingerprint density at radius 1 is 1.12 bits per heavy atom. The number of amides is 1. The van der Waals surface area contributed by atoms with Gasteiger partial charge in [0.25, 0.3) is 5.91 Å². The zero-order valence-electron chi connectivity index (χ0n) is 18.2. The van der Waals surface area contributed by atoms with Gasteiger partial charge >= 0.3 is 6.36 Å². The molecule has 1 amide bonds. The molecule has 0 radical (unpaired) electrons. The number of halogens is 3. The number of carbonyl (C=O) groups is 1. The molecule has 32 heavy (non-hydrogen) atoms. The van der Waals surface area contributed by atoms with Crippen LogP contribution in [0.2, 0.25) is 0 Å². The van der Waals surface area contributed by atoms with Crippen molar-refractivity contribution < 1.29 is 27.4 Å². The Kier molecular flexibility index (Phi) is 6.43. The number of rotatable bonds is 4. The van der Waals surface area contributed by atoms with Gasteiger partial charge in [0.05, 0.1) is 35.9 Å². The molecule has 174 valence electrons. The van der Waals surface area contributed by atoms with Crippen LogP contribution < -0.4 is 4.74 Å². The maximum atomic E-state index is 13.3. The van der Waals surface area contributed by atoms with E-state index in [0.29, 0.717) is 41.8 Å². The number of likely N-dealkylation sites (tertiary alicyclic amines) is 1. The van der Waals surface area contributed by atoms with Gasteiger partial charge in [-0.1, -0.05) is 6.07 Å². The minimum atomic E-state index is -4.78. The van der Waals surface area contributed by atoms with Crippen LogP contribution in [0.1, 0.15) is 34.6 Å². The highest BCUT2D eigenvalue weighted by atomic mass is 19.4. The van der Waals surface area contributed by atoms with Crippen molar-refractivity contribution in [2.24, 2.45) is 0 Å². The summed E-state index contributed by atoms with van der Waals surface area (Å²) in [4.78, 5) is 17.6. The summed E-state index contributed by atoms with van der Waals surface area (Å²) in [6.45, 7) is 8.21. The summed E-state index contributed by atoms with van der Waals surface area (Å²) in [5.41, 5.74) is 2.03. The van der Waals surface area contributed by atoms with Crippen molar-refractivity contribution in [2.45, 2.75) is 39.1 Å². The van der Waals surface area contributed by atoms with Crippen molar-refractivity contribution >= 4 is 5.91 Å². The molecule has 0 unspecified atom stereocenters. The number of hydrogen-bond acceptors (Lipinski definition) is 5. The monoisotopic (exact) mass is 452 g/mol. The van der Waals surface area contributed by atoms with E-state index in [1.807, 2.05) is 4.90 Å². The Balaban J connectivity index is 1.48. The molecule has 0 bridgehead atoms. The van der Waals surface area contributed by atoms with Gasteiger partial charge in [-0.2, -0.15) is 5.10 Å². The molecule has 1 aromatic carbocycles. The Bertz CT molecular complexity index is 962. The molecule has 4 rings (SSSR count). The summed E-state index contributed by atoms with van der Waals surface area (Å²) in [5, 5.41) is 4.43. The van der Waals surface area contributed by atoms with E-state index in [-0.39, 0.29) is 11.7 Å². The fourth-order valence-corrected chi connectivity index (χ4v) is 4.55. The van der Waals surface area contributed by atoms with Gasteiger partial charge < -0.3 is 14.4 Å². The summed E-state index contributed by atoms with van der Waals surface area (Å²) in [6, 6.07) is 6.04. The maximum Gasteiger partial charge on any atom is 0.573 e. The van der Waals surface area contributed by atoms with E-state index in [4.69, 9.17) is 4.74 Å². The Morgan fingerprint density at radius 3 is 2.47 bits per heavy atom. The van der Waals surface area contributed by atoms with Crippen LogP contribution in [0.5, 0.6) is 5.75 Å². The minimum Gasteiger partial charge on any atom is -0.406 e. The highest BCUT2D eigenvalue weighted by molar-refractivity contribution is 5.96. The first kappa shape index (κ1) is 22.6. The smallest absolute Gasteiger partial charge is 0.406 e. The summed E-state index contributed by atoms with van der Waals surface area (Å²) in [5.74, 6) is -0.421. The normalized spacial score (nSPS) is 18.7. The van der Waals surface area contributed by atoms with Crippen molar-refractivity contribution in [3.8, 4) is 11.4 Å². The molecular weight excluding hydrogens is 425 g/mol. The summed E-state index contributed by atoms with van der Waals surface area (Å²) >= 11 is 0. The lowest BCUT2D eigenvalue weighted by molar-refractivity contribution is -0.274. The second-order valence-corrected chi connectivity index (χ2v) is 8.17. The number of morpholine rings is 1. The first-order valence-corrected chi connectivity index (χ1v) is 10.8. The Hall–Kier alpha value is -2.59. The van der Waals surface area contributed by atoms with Crippen LogP contribution >= 0.6 is 0 Å². The quantitative estimate of drug-likeness (QED) is 0.712. The van der Waals surface area contributed by atoms with Gasteiger partial charge in [-0.25, -0.2) is 4.68 Å². The first-order chi connectivity index (χ1) is 15.2. The van der Waals surface area contributed by atoms with Crippen LogP contribution in [0.15, 0.2) is 24.3 Å². The van der Waals surface area contributed by atoms with Crippen LogP contribution in [0, 0.1) is 13.8 Å². The number of aryl methyl sites for hydroxylation is 1. The minimum absolute atomic E-state index is 0.0885. The predicted octanol–water partition coefficient (Wildman–Crippen LogP) is 3.32. The van der Waals surface area contributed by atoms with Crippen LogP contribution in [-0.4, -0.2) is 77.3 Å². The summed E-state index contributed by atoms with van der Waals surface area (Å²) in [6.07, 6.45) is -2.95. The van der Waals surface area contributed by atoms with Crippen molar-refractivity contribution in [1.82, 2.24) is 19.6 Å². The average Bonchev–Trinajstić information content (AvgIpc) is 3.07.